The number of carboxylic acids is 1. The Hall–Kier alpha value is -2.18. The predicted octanol–water partition coefficient (Wildman–Crippen LogP) is 2.78. The van der Waals surface area contributed by atoms with Crippen LogP contribution in [0, 0.1) is 0 Å². The fraction of sp³-hybridized carbons (Fsp3) is 0.133. The Morgan fingerprint density at radius 1 is 1.23 bits per heavy atom. The van der Waals surface area contributed by atoms with Gasteiger partial charge in [0.15, 0.2) is 0 Å². The van der Waals surface area contributed by atoms with Crippen molar-refractivity contribution >= 4 is 40.8 Å². The van der Waals surface area contributed by atoms with E-state index in [2.05, 4.69) is 0 Å². The van der Waals surface area contributed by atoms with Gasteiger partial charge in [-0.15, -0.1) is 0 Å². The van der Waals surface area contributed by atoms with Gasteiger partial charge in [0.1, 0.15) is 11.5 Å². The third kappa shape index (κ3) is 2.63. The topological polar surface area (TPSA) is 62.5 Å². The van der Waals surface area contributed by atoms with E-state index in [1.807, 2.05) is 30.3 Å². The molecule has 1 N–H and O–H groups in total. The van der Waals surface area contributed by atoms with E-state index in [1.165, 1.54) is 4.57 Å². The molecule has 7 heteroatoms. The Kier molecular flexibility index (Phi) is 3.72. The van der Waals surface area contributed by atoms with E-state index in [4.69, 9.17) is 28.9 Å². The molecule has 3 rings (SSSR count). The summed E-state index contributed by atoms with van der Waals surface area (Å²) in [4.78, 5) is 24.3. The lowest BCUT2D eigenvalue weighted by Gasteiger charge is -2.11. The second-order valence-corrected chi connectivity index (χ2v) is 5.80. The number of carbonyl (C=O) groups is 2. The van der Waals surface area contributed by atoms with Gasteiger partial charge in [0.2, 0.25) is 0 Å². The number of amides is 1. The van der Waals surface area contributed by atoms with Crippen molar-refractivity contribution in [3.05, 3.63) is 58.4 Å². The predicted molar refractivity (Wildman–Crippen MR) is 85.5 cm³/mol. The zero-order valence-electron chi connectivity index (χ0n) is 11.3. The maximum atomic E-state index is 12.2. The summed E-state index contributed by atoms with van der Waals surface area (Å²) < 4.78 is 1.40. The van der Waals surface area contributed by atoms with Gasteiger partial charge < -0.3 is 5.11 Å². The first-order chi connectivity index (χ1) is 10.5. The average Bonchev–Trinajstić information content (AvgIpc) is 2.97. The fourth-order valence-electron chi connectivity index (χ4n) is 2.41. The highest BCUT2D eigenvalue weighted by Crippen LogP contribution is 2.23. The van der Waals surface area contributed by atoms with Crippen molar-refractivity contribution in [3.63, 3.8) is 0 Å². The van der Waals surface area contributed by atoms with E-state index in [1.54, 1.807) is 6.20 Å². The second kappa shape index (κ2) is 5.55. The molecular weight excluding hydrogens is 324 g/mol. The quantitative estimate of drug-likeness (QED) is 0.873. The minimum Gasteiger partial charge on any atom is -0.480 e. The molecule has 0 atom stereocenters. The molecule has 112 valence electrons. The van der Waals surface area contributed by atoms with Gasteiger partial charge in [-0.3, -0.25) is 14.3 Å². The molecule has 22 heavy (non-hydrogen) atoms. The molecule has 0 fully saturated rings. The van der Waals surface area contributed by atoms with E-state index in [0.717, 1.165) is 16.0 Å². The largest absolute Gasteiger partial charge is 0.480 e. The molecule has 0 unspecified atom stereocenters. The molecule has 2 aromatic rings. The zero-order chi connectivity index (χ0) is 15.9. The summed E-state index contributed by atoms with van der Waals surface area (Å²) in [7, 11) is 0. The van der Waals surface area contributed by atoms with E-state index < -0.39 is 18.5 Å². The van der Waals surface area contributed by atoms with Crippen LogP contribution in [0.2, 0.25) is 5.02 Å². The van der Waals surface area contributed by atoms with Crippen molar-refractivity contribution in [1.82, 2.24) is 9.47 Å². The number of fused-ring (bicyclic) bond motifs is 1. The number of thiocarbonyl (C=S) groups is 1. The number of nitrogens with zero attached hydrogens (tertiary/aromatic N) is 2. The SMILES string of the molecule is O=C(O)CN1C(=O)n2cc(Cc3ccc(Cl)cc3)cc2C1=S. The van der Waals surface area contributed by atoms with Crippen LogP contribution in [0.5, 0.6) is 0 Å². The number of hydrogen-bond donors (Lipinski definition) is 1. The molecule has 0 spiro atoms. The van der Waals surface area contributed by atoms with Crippen LogP contribution in [0.1, 0.15) is 16.8 Å². The molecule has 1 aromatic heterocycles. The summed E-state index contributed by atoms with van der Waals surface area (Å²) >= 11 is 11.0. The lowest BCUT2D eigenvalue weighted by Crippen LogP contribution is -2.35. The van der Waals surface area contributed by atoms with E-state index in [-0.39, 0.29) is 4.99 Å². The van der Waals surface area contributed by atoms with Crippen LogP contribution in [-0.4, -0.2) is 38.1 Å². The number of aromatic nitrogens is 1. The summed E-state index contributed by atoms with van der Waals surface area (Å²) in [5.41, 5.74) is 2.56. The number of benzene rings is 1. The molecule has 1 amide bonds. The number of rotatable bonds is 4. The first kappa shape index (κ1) is 14.7. The molecule has 1 aliphatic heterocycles. The Labute approximate surface area is 136 Å². The van der Waals surface area contributed by atoms with Gasteiger partial charge in [-0.05, 0) is 35.7 Å². The number of halogens is 1. The van der Waals surface area contributed by atoms with Gasteiger partial charge in [0.05, 0.1) is 5.69 Å². The molecular formula is C15H11ClN2O3S. The normalized spacial score (nSPS) is 13.6. The highest BCUT2D eigenvalue weighted by atomic mass is 35.5. The Bertz CT molecular complexity index is 749. The van der Waals surface area contributed by atoms with Gasteiger partial charge in [-0.25, -0.2) is 4.79 Å². The van der Waals surface area contributed by atoms with E-state index in [9.17, 15) is 9.59 Å². The summed E-state index contributed by atoms with van der Waals surface area (Å²) in [5.74, 6) is -1.09. The number of carbonyl (C=O) groups excluding carboxylic acids is 1. The number of aliphatic carboxylic acids is 1. The lowest BCUT2D eigenvalue weighted by atomic mass is 10.1. The monoisotopic (exact) mass is 334 g/mol. The van der Waals surface area contributed by atoms with Crippen LogP contribution in [0.15, 0.2) is 36.5 Å². The van der Waals surface area contributed by atoms with Crippen molar-refractivity contribution in [3.8, 4) is 0 Å². The third-order valence-corrected chi connectivity index (χ3v) is 4.07. The second-order valence-electron chi connectivity index (χ2n) is 4.97. The van der Waals surface area contributed by atoms with E-state index in [0.29, 0.717) is 17.1 Å². The lowest BCUT2D eigenvalue weighted by molar-refractivity contribution is -0.136. The van der Waals surface area contributed by atoms with Crippen LogP contribution < -0.4 is 0 Å². The molecule has 0 aliphatic carbocycles. The Morgan fingerprint density at radius 3 is 2.50 bits per heavy atom. The zero-order valence-corrected chi connectivity index (χ0v) is 12.9. The fourth-order valence-corrected chi connectivity index (χ4v) is 2.83. The summed E-state index contributed by atoms with van der Waals surface area (Å²) in [5, 5.41) is 9.49. The van der Waals surface area contributed by atoms with Crippen LogP contribution in [0.4, 0.5) is 4.79 Å². The molecule has 1 aromatic carbocycles. The van der Waals surface area contributed by atoms with Crippen LogP contribution in [-0.2, 0) is 11.2 Å². The minimum absolute atomic E-state index is 0.245. The van der Waals surface area contributed by atoms with Crippen molar-refractivity contribution in [1.29, 1.82) is 0 Å². The molecule has 5 nitrogen and oxygen atoms in total. The van der Waals surface area contributed by atoms with Crippen LogP contribution in [0.25, 0.3) is 0 Å². The summed E-state index contributed by atoms with van der Waals surface area (Å²) in [6, 6.07) is 8.85. The molecule has 0 bridgehead atoms. The highest BCUT2D eigenvalue weighted by molar-refractivity contribution is 7.80. The van der Waals surface area contributed by atoms with Crippen molar-refractivity contribution in [2.75, 3.05) is 6.54 Å². The molecule has 0 radical (unpaired) electrons. The highest BCUT2D eigenvalue weighted by Gasteiger charge is 2.34. The average molecular weight is 335 g/mol. The number of carboxylic acid groups (broad SMARTS) is 1. The number of hydrogen-bond acceptors (Lipinski definition) is 3. The van der Waals surface area contributed by atoms with Gasteiger partial charge in [-0.1, -0.05) is 36.0 Å². The van der Waals surface area contributed by atoms with Gasteiger partial charge in [0, 0.05) is 11.2 Å². The smallest absolute Gasteiger partial charge is 0.334 e. The van der Waals surface area contributed by atoms with Crippen LogP contribution >= 0.6 is 23.8 Å². The Balaban J connectivity index is 1.83. The van der Waals surface area contributed by atoms with E-state index >= 15 is 0 Å². The standard InChI is InChI=1S/C15H11ClN2O3S/c16-11-3-1-9(2-4-11)5-10-6-12-14(22)18(8-13(19)20)15(21)17(12)7-10/h1-4,6-7H,5,8H2,(H,19,20). The molecule has 1 aliphatic rings. The van der Waals surface area contributed by atoms with Gasteiger partial charge in [-0.2, -0.15) is 0 Å². The molecule has 0 saturated heterocycles. The molecule has 2 heterocycles. The first-order valence-electron chi connectivity index (χ1n) is 6.49. The van der Waals surface area contributed by atoms with Gasteiger partial charge in [0.25, 0.3) is 0 Å². The maximum Gasteiger partial charge on any atom is 0.334 e. The maximum absolute atomic E-state index is 12.2. The van der Waals surface area contributed by atoms with Crippen molar-refractivity contribution < 1.29 is 14.7 Å². The minimum atomic E-state index is -1.09. The van der Waals surface area contributed by atoms with Crippen molar-refractivity contribution in [2.24, 2.45) is 0 Å². The molecule has 0 saturated carbocycles. The third-order valence-electron chi connectivity index (χ3n) is 3.39. The summed E-state index contributed by atoms with van der Waals surface area (Å²) in [6.45, 7) is -0.425. The van der Waals surface area contributed by atoms with Crippen LogP contribution in [0.3, 0.4) is 0 Å². The first-order valence-corrected chi connectivity index (χ1v) is 7.28. The van der Waals surface area contributed by atoms with Crippen molar-refractivity contribution in [2.45, 2.75) is 6.42 Å². The Morgan fingerprint density at radius 2 is 1.91 bits per heavy atom. The van der Waals surface area contributed by atoms with Gasteiger partial charge >= 0.3 is 12.0 Å². The summed E-state index contributed by atoms with van der Waals surface area (Å²) in [6.07, 6.45) is 2.34.